The van der Waals surface area contributed by atoms with Crippen LogP contribution in [0.1, 0.15) is 22.0 Å². The lowest BCUT2D eigenvalue weighted by Gasteiger charge is -2.11. The summed E-state index contributed by atoms with van der Waals surface area (Å²) in [7, 11) is 0. The lowest BCUT2D eigenvalue weighted by molar-refractivity contribution is 0.101. The molecule has 4 rings (SSSR count). The summed E-state index contributed by atoms with van der Waals surface area (Å²) in [5.74, 6) is 0.363. The SMILES string of the molecule is Cc1cc(C)n2nc(C(=O)Nc3ccccc3Oc3ncc(Cl)cc3Cl)nc2n1. The third-order valence-corrected chi connectivity index (χ3v) is 4.41. The number of anilines is 1. The number of hydrogen-bond acceptors (Lipinski definition) is 6. The first-order valence-electron chi connectivity index (χ1n) is 8.51. The fraction of sp³-hybridized carbons (Fsp3) is 0.105. The van der Waals surface area contributed by atoms with Crippen LogP contribution in [-0.4, -0.2) is 30.5 Å². The normalized spacial score (nSPS) is 10.9. The Balaban J connectivity index is 1.61. The molecule has 0 spiro atoms. The molecule has 0 saturated heterocycles. The number of para-hydroxylation sites is 2. The van der Waals surface area contributed by atoms with Crippen molar-refractivity contribution in [2.75, 3.05) is 5.32 Å². The number of benzene rings is 1. The van der Waals surface area contributed by atoms with E-state index in [1.807, 2.05) is 19.9 Å². The van der Waals surface area contributed by atoms with Crippen LogP contribution in [0.2, 0.25) is 10.0 Å². The molecule has 3 aromatic heterocycles. The van der Waals surface area contributed by atoms with E-state index >= 15 is 0 Å². The molecule has 0 aliphatic heterocycles. The van der Waals surface area contributed by atoms with Gasteiger partial charge in [-0.05, 0) is 38.1 Å². The minimum atomic E-state index is -0.501. The second-order valence-corrected chi connectivity index (χ2v) is 7.02. The maximum absolute atomic E-state index is 12.7. The van der Waals surface area contributed by atoms with Crippen LogP contribution in [0.15, 0.2) is 42.6 Å². The average Bonchev–Trinajstić information content (AvgIpc) is 3.10. The quantitative estimate of drug-likeness (QED) is 0.514. The summed E-state index contributed by atoms with van der Waals surface area (Å²) in [4.78, 5) is 25.3. The van der Waals surface area contributed by atoms with E-state index in [0.717, 1.165) is 11.4 Å². The Labute approximate surface area is 175 Å². The summed E-state index contributed by atoms with van der Waals surface area (Å²) in [6.07, 6.45) is 1.42. The molecule has 0 aliphatic carbocycles. The van der Waals surface area contributed by atoms with Gasteiger partial charge in [-0.1, -0.05) is 35.3 Å². The number of nitrogens with zero attached hydrogens (tertiary/aromatic N) is 5. The smallest absolute Gasteiger partial charge is 0.295 e. The van der Waals surface area contributed by atoms with E-state index in [4.69, 9.17) is 27.9 Å². The lowest BCUT2D eigenvalue weighted by Crippen LogP contribution is -2.14. The summed E-state index contributed by atoms with van der Waals surface area (Å²) in [6.45, 7) is 3.72. The Kier molecular flexibility index (Phi) is 5.04. The molecule has 4 aromatic rings. The molecule has 10 heteroatoms. The van der Waals surface area contributed by atoms with Crippen LogP contribution in [0.4, 0.5) is 5.69 Å². The van der Waals surface area contributed by atoms with Gasteiger partial charge in [-0.3, -0.25) is 4.79 Å². The molecule has 0 saturated carbocycles. The van der Waals surface area contributed by atoms with E-state index in [0.29, 0.717) is 22.2 Å². The molecular weight excluding hydrogens is 415 g/mol. The van der Waals surface area contributed by atoms with E-state index < -0.39 is 5.91 Å². The molecule has 0 aliphatic rings. The number of nitrogens with one attached hydrogen (secondary N) is 1. The van der Waals surface area contributed by atoms with Gasteiger partial charge in [0.1, 0.15) is 5.02 Å². The third-order valence-electron chi connectivity index (χ3n) is 3.94. The van der Waals surface area contributed by atoms with Gasteiger partial charge in [0.05, 0.1) is 10.7 Å². The molecule has 3 heterocycles. The molecule has 1 N–H and O–H groups in total. The number of carbonyl (C=O) groups excluding carboxylic acids is 1. The zero-order chi connectivity index (χ0) is 20.5. The van der Waals surface area contributed by atoms with Crippen molar-refractivity contribution in [3.63, 3.8) is 0 Å². The number of hydrogen-bond donors (Lipinski definition) is 1. The molecule has 0 bridgehead atoms. The molecular formula is C19H14Cl2N6O2. The van der Waals surface area contributed by atoms with Crippen LogP contribution in [0.3, 0.4) is 0 Å². The molecule has 1 aromatic carbocycles. The third kappa shape index (κ3) is 3.98. The summed E-state index contributed by atoms with van der Waals surface area (Å²) in [6, 6.07) is 10.2. The number of amides is 1. The number of halogens is 2. The minimum Gasteiger partial charge on any atom is -0.435 e. The summed E-state index contributed by atoms with van der Waals surface area (Å²) >= 11 is 12.0. The number of carbonyl (C=O) groups is 1. The molecule has 0 unspecified atom stereocenters. The Morgan fingerprint density at radius 3 is 2.72 bits per heavy atom. The van der Waals surface area contributed by atoms with Gasteiger partial charge in [-0.2, -0.15) is 4.98 Å². The van der Waals surface area contributed by atoms with Crippen LogP contribution < -0.4 is 10.1 Å². The molecule has 29 heavy (non-hydrogen) atoms. The van der Waals surface area contributed by atoms with Crippen LogP contribution in [-0.2, 0) is 0 Å². The zero-order valence-corrected chi connectivity index (χ0v) is 16.9. The summed E-state index contributed by atoms with van der Waals surface area (Å²) in [5.41, 5.74) is 2.02. The van der Waals surface area contributed by atoms with E-state index in [9.17, 15) is 4.79 Å². The Morgan fingerprint density at radius 2 is 1.93 bits per heavy atom. The molecule has 0 radical (unpaired) electrons. The predicted molar refractivity (Wildman–Crippen MR) is 109 cm³/mol. The Bertz CT molecular complexity index is 1240. The molecule has 0 fully saturated rings. The second-order valence-electron chi connectivity index (χ2n) is 6.18. The molecule has 146 valence electrons. The number of ether oxygens (including phenoxy) is 1. The van der Waals surface area contributed by atoms with Gasteiger partial charge in [0.15, 0.2) is 5.75 Å². The molecule has 0 atom stereocenters. The summed E-state index contributed by atoms with van der Waals surface area (Å²) in [5, 5.41) is 7.61. The Morgan fingerprint density at radius 1 is 1.14 bits per heavy atom. The number of rotatable bonds is 4. The van der Waals surface area contributed by atoms with Crippen molar-refractivity contribution in [2.24, 2.45) is 0 Å². The van der Waals surface area contributed by atoms with Crippen molar-refractivity contribution < 1.29 is 9.53 Å². The fourth-order valence-corrected chi connectivity index (χ4v) is 3.10. The van der Waals surface area contributed by atoms with Crippen molar-refractivity contribution in [1.82, 2.24) is 24.6 Å². The highest BCUT2D eigenvalue weighted by molar-refractivity contribution is 6.35. The summed E-state index contributed by atoms with van der Waals surface area (Å²) < 4.78 is 7.27. The standard InChI is InChI=1S/C19H14Cl2N6O2/c1-10-7-11(2)27-19(23-10)25-16(26-27)17(28)24-14-5-3-4-6-15(14)29-18-13(21)8-12(20)9-22-18/h3-9H,1-2H3,(H,24,28). The molecule has 1 amide bonds. The van der Waals surface area contributed by atoms with E-state index in [-0.39, 0.29) is 16.7 Å². The zero-order valence-electron chi connectivity index (χ0n) is 15.3. The first kappa shape index (κ1) is 19.1. The van der Waals surface area contributed by atoms with Crippen LogP contribution in [0.25, 0.3) is 5.78 Å². The monoisotopic (exact) mass is 428 g/mol. The highest BCUT2D eigenvalue weighted by Crippen LogP contribution is 2.33. The van der Waals surface area contributed by atoms with Crippen LogP contribution in [0, 0.1) is 13.8 Å². The van der Waals surface area contributed by atoms with Gasteiger partial charge in [0.2, 0.25) is 11.7 Å². The Hall–Kier alpha value is -3.23. The lowest BCUT2D eigenvalue weighted by atomic mass is 10.3. The number of pyridine rings is 1. The van der Waals surface area contributed by atoms with Crippen molar-refractivity contribution in [2.45, 2.75) is 13.8 Å². The van der Waals surface area contributed by atoms with Crippen molar-refractivity contribution in [3.8, 4) is 11.6 Å². The maximum Gasteiger partial charge on any atom is 0.295 e. The number of aromatic nitrogens is 5. The van der Waals surface area contributed by atoms with Gasteiger partial charge >= 0.3 is 0 Å². The number of fused-ring (bicyclic) bond motifs is 1. The highest BCUT2D eigenvalue weighted by Gasteiger charge is 2.17. The van der Waals surface area contributed by atoms with Gasteiger partial charge in [-0.25, -0.2) is 14.5 Å². The van der Waals surface area contributed by atoms with Gasteiger partial charge in [0.25, 0.3) is 11.7 Å². The predicted octanol–water partition coefficient (Wildman–Crippen LogP) is 4.49. The minimum absolute atomic E-state index is 0.0105. The van der Waals surface area contributed by atoms with E-state index in [1.54, 1.807) is 24.3 Å². The number of aryl methyl sites for hydroxylation is 2. The topological polar surface area (TPSA) is 94.3 Å². The van der Waals surface area contributed by atoms with Gasteiger partial charge in [-0.15, -0.1) is 5.10 Å². The van der Waals surface area contributed by atoms with Crippen molar-refractivity contribution >= 4 is 40.6 Å². The molecule has 8 nitrogen and oxygen atoms in total. The first-order valence-corrected chi connectivity index (χ1v) is 9.26. The first-order chi connectivity index (χ1) is 13.9. The second kappa shape index (κ2) is 7.65. The van der Waals surface area contributed by atoms with Gasteiger partial charge < -0.3 is 10.1 Å². The highest BCUT2D eigenvalue weighted by atomic mass is 35.5. The average molecular weight is 429 g/mol. The van der Waals surface area contributed by atoms with Gasteiger partial charge in [0, 0.05) is 17.6 Å². The van der Waals surface area contributed by atoms with Crippen LogP contribution >= 0.6 is 23.2 Å². The van der Waals surface area contributed by atoms with Crippen molar-refractivity contribution in [1.29, 1.82) is 0 Å². The van der Waals surface area contributed by atoms with Crippen molar-refractivity contribution in [3.05, 3.63) is 69.9 Å². The van der Waals surface area contributed by atoms with E-state index in [1.165, 1.54) is 16.8 Å². The van der Waals surface area contributed by atoms with Crippen LogP contribution in [0.5, 0.6) is 11.6 Å². The fourth-order valence-electron chi connectivity index (χ4n) is 2.68. The largest absolute Gasteiger partial charge is 0.435 e. The van der Waals surface area contributed by atoms with E-state index in [2.05, 4.69) is 25.4 Å². The maximum atomic E-state index is 12.7.